The van der Waals surface area contributed by atoms with E-state index in [1.54, 1.807) is 12.1 Å². The normalized spacial score (nSPS) is 11.7. The average Bonchev–Trinajstić information content (AvgIpc) is 2.67. The highest BCUT2D eigenvalue weighted by atomic mass is 19.1. The Morgan fingerprint density at radius 2 is 1.83 bits per heavy atom. The predicted octanol–water partition coefficient (Wildman–Crippen LogP) is 3.29. The van der Waals surface area contributed by atoms with Gasteiger partial charge in [0, 0.05) is 17.8 Å². The van der Waals surface area contributed by atoms with E-state index in [0.717, 1.165) is 24.3 Å². The van der Waals surface area contributed by atoms with Crippen LogP contribution in [0.3, 0.4) is 0 Å². The lowest BCUT2D eigenvalue weighted by Gasteiger charge is -2.19. The Labute approximate surface area is 164 Å². The monoisotopic (exact) mass is 399 g/mol. The van der Waals surface area contributed by atoms with Crippen molar-refractivity contribution in [3.8, 4) is 11.1 Å². The summed E-state index contributed by atoms with van der Waals surface area (Å²) < 4.78 is 40.9. The number of rotatable bonds is 7. The molecule has 0 saturated heterocycles. The molecule has 0 aliphatic carbocycles. The van der Waals surface area contributed by atoms with E-state index in [4.69, 9.17) is 5.73 Å². The summed E-state index contributed by atoms with van der Waals surface area (Å²) >= 11 is 0. The van der Waals surface area contributed by atoms with Crippen LogP contribution in [0.25, 0.3) is 11.1 Å². The number of pyridine rings is 1. The molecule has 0 fully saturated rings. The molecule has 148 valence electrons. The van der Waals surface area contributed by atoms with Crippen molar-refractivity contribution in [2.24, 2.45) is 5.73 Å². The first-order valence-corrected chi connectivity index (χ1v) is 8.58. The van der Waals surface area contributed by atoms with Gasteiger partial charge in [-0.25, -0.2) is 13.2 Å². The number of hydrogen-bond acceptors (Lipinski definition) is 3. The molecular weight excluding hydrogens is 383 g/mol. The van der Waals surface area contributed by atoms with Gasteiger partial charge < -0.3 is 11.1 Å². The molecule has 0 radical (unpaired) electrons. The number of carbonyl (C=O) groups is 2. The highest BCUT2D eigenvalue weighted by Crippen LogP contribution is 2.30. The van der Waals surface area contributed by atoms with Gasteiger partial charge in [0.15, 0.2) is 0 Å². The third-order valence-electron chi connectivity index (χ3n) is 4.34. The van der Waals surface area contributed by atoms with E-state index < -0.39 is 29.4 Å². The number of nitrogens with zero attached hydrogens (tertiary/aromatic N) is 1. The van der Waals surface area contributed by atoms with E-state index in [1.807, 2.05) is 0 Å². The molecule has 0 unspecified atom stereocenters. The van der Waals surface area contributed by atoms with Gasteiger partial charge in [-0.15, -0.1) is 0 Å². The van der Waals surface area contributed by atoms with E-state index in [2.05, 4.69) is 10.3 Å². The van der Waals surface area contributed by atoms with Crippen LogP contribution in [0.15, 0.2) is 54.7 Å². The number of hydrogen-bond donors (Lipinski definition) is 2. The Morgan fingerprint density at radius 1 is 1.10 bits per heavy atom. The minimum absolute atomic E-state index is 0.0568. The molecule has 0 saturated carbocycles. The second-order valence-corrected chi connectivity index (χ2v) is 6.31. The maximum atomic E-state index is 13.8. The number of amides is 2. The van der Waals surface area contributed by atoms with Gasteiger partial charge in [0.25, 0.3) is 5.91 Å². The zero-order valence-corrected chi connectivity index (χ0v) is 15.0. The first-order chi connectivity index (χ1) is 13.9. The van der Waals surface area contributed by atoms with Gasteiger partial charge in [-0.2, -0.15) is 0 Å². The van der Waals surface area contributed by atoms with Gasteiger partial charge in [0.2, 0.25) is 6.41 Å². The van der Waals surface area contributed by atoms with E-state index in [9.17, 15) is 22.8 Å². The van der Waals surface area contributed by atoms with Crippen molar-refractivity contribution in [3.05, 3.63) is 89.0 Å². The van der Waals surface area contributed by atoms with Crippen molar-refractivity contribution >= 4 is 12.3 Å². The Hall–Kier alpha value is -3.68. The van der Waals surface area contributed by atoms with Crippen molar-refractivity contribution in [3.63, 3.8) is 0 Å². The molecule has 3 rings (SSSR count). The summed E-state index contributed by atoms with van der Waals surface area (Å²) in [7, 11) is 0. The molecule has 29 heavy (non-hydrogen) atoms. The highest BCUT2D eigenvalue weighted by molar-refractivity contribution is 5.94. The van der Waals surface area contributed by atoms with E-state index in [-0.39, 0.29) is 12.0 Å². The van der Waals surface area contributed by atoms with Crippen molar-refractivity contribution in [1.82, 2.24) is 10.3 Å². The summed E-state index contributed by atoms with van der Waals surface area (Å²) in [4.78, 5) is 26.9. The third-order valence-corrected chi connectivity index (χ3v) is 4.34. The van der Waals surface area contributed by atoms with Crippen LogP contribution in [-0.4, -0.2) is 17.3 Å². The fourth-order valence-corrected chi connectivity index (χ4v) is 3.10. The van der Waals surface area contributed by atoms with Crippen LogP contribution in [-0.2, 0) is 11.2 Å². The minimum atomic E-state index is -0.924. The van der Waals surface area contributed by atoms with Crippen LogP contribution in [0.2, 0.25) is 0 Å². The quantitative estimate of drug-likeness (QED) is 0.598. The van der Waals surface area contributed by atoms with Crippen LogP contribution in [0.1, 0.15) is 27.7 Å². The summed E-state index contributed by atoms with van der Waals surface area (Å²) in [6, 6.07) is 9.49. The van der Waals surface area contributed by atoms with Crippen molar-refractivity contribution in [2.45, 2.75) is 12.5 Å². The molecule has 0 aliphatic heterocycles. The lowest BCUT2D eigenvalue weighted by atomic mass is 9.94. The highest BCUT2D eigenvalue weighted by Gasteiger charge is 2.20. The Morgan fingerprint density at radius 3 is 2.48 bits per heavy atom. The SMILES string of the molecule is NC(=O)c1cc(-c2cccnc2[C@H](Cc2cc(F)cc(F)c2)NC=O)ccc1F. The Bertz CT molecular complexity index is 1050. The summed E-state index contributed by atoms with van der Waals surface area (Å²) in [5.74, 6) is -3.16. The smallest absolute Gasteiger partial charge is 0.251 e. The van der Waals surface area contributed by atoms with Gasteiger partial charge in [-0.05, 0) is 47.9 Å². The Balaban J connectivity index is 2.06. The fourth-order valence-electron chi connectivity index (χ4n) is 3.10. The van der Waals surface area contributed by atoms with Crippen LogP contribution < -0.4 is 11.1 Å². The van der Waals surface area contributed by atoms with Crippen LogP contribution in [0.4, 0.5) is 13.2 Å². The van der Waals surface area contributed by atoms with Gasteiger partial charge in [0.05, 0.1) is 17.3 Å². The molecule has 1 heterocycles. The van der Waals surface area contributed by atoms with Crippen LogP contribution in [0, 0.1) is 17.5 Å². The molecule has 2 amide bonds. The number of halogens is 3. The summed E-state index contributed by atoms with van der Waals surface area (Å²) in [5, 5.41) is 2.59. The molecule has 0 aliphatic rings. The van der Waals surface area contributed by atoms with Crippen LogP contribution in [0.5, 0.6) is 0 Å². The second-order valence-electron chi connectivity index (χ2n) is 6.31. The topological polar surface area (TPSA) is 85.1 Å². The molecule has 0 spiro atoms. The molecule has 5 nitrogen and oxygen atoms in total. The fraction of sp³-hybridized carbons (Fsp3) is 0.0952. The molecule has 3 N–H and O–H groups in total. The zero-order valence-electron chi connectivity index (χ0n) is 15.0. The molecular formula is C21H16F3N3O2. The lowest BCUT2D eigenvalue weighted by Crippen LogP contribution is -2.23. The largest absolute Gasteiger partial charge is 0.366 e. The van der Waals surface area contributed by atoms with Gasteiger partial charge >= 0.3 is 0 Å². The molecule has 2 aromatic carbocycles. The molecule has 0 bridgehead atoms. The first-order valence-electron chi connectivity index (χ1n) is 8.58. The maximum Gasteiger partial charge on any atom is 0.251 e. The summed E-state index contributed by atoms with van der Waals surface area (Å²) in [6.45, 7) is 0. The number of benzene rings is 2. The number of nitrogens with two attached hydrogens (primary N) is 1. The molecule has 3 aromatic rings. The van der Waals surface area contributed by atoms with Gasteiger partial charge in [-0.3, -0.25) is 14.6 Å². The van der Waals surface area contributed by atoms with Crippen LogP contribution >= 0.6 is 0 Å². The number of primary amides is 1. The van der Waals surface area contributed by atoms with Crippen molar-refractivity contribution in [1.29, 1.82) is 0 Å². The lowest BCUT2D eigenvalue weighted by molar-refractivity contribution is -0.110. The minimum Gasteiger partial charge on any atom is -0.366 e. The number of nitrogens with one attached hydrogen (secondary N) is 1. The second kappa shape index (κ2) is 8.55. The molecule has 8 heteroatoms. The van der Waals surface area contributed by atoms with E-state index in [0.29, 0.717) is 28.8 Å². The zero-order chi connectivity index (χ0) is 21.0. The first kappa shape index (κ1) is 20.1. The molecule has 1 atom stereocenters. The van der Waals surface area contributed by atoms with Gasteiger partial charge in [0.1, 0.15) is 17.5 Å². The summed E-state index contributed by atoms with van der Waals surface area (Å²) in [5.41, 5.74) is 6.58. The molecule has 1 aromatic heterocycles. The Kier molecular flexibility index (Phi) is 5.92. The maximum absolute atomic E-state index is 13.8. The average molecular weight is 399 g/mol. The van der Waals surface area contributed by atoms with Gasteiger partial charge in [-0.1, -0.05) is 12.1 Å². The standard InChI is InChI=1S/C21H16F3N3O2/c22-14-6-12(7-15(23)10-14)8-19(27-11-28)20-16(2-1-5-26-20)13-3-4-18(24)17(9-13)21(25)29/h1-7,9-11,19H,8H2,(H2,25,29)(H,27,28)/t19-/m0/s1. The third kappa shape index (κ3) is 4.60. The number of carbonyl (C=O) groups excluding carboxylic acids is 2. The summed E-state index contributed by atoms with van der Waals surface area (Å²) in [6.07, 6.45) is 2.00. The number of aromatic nitrogens is 1. The van der Waals surface area contributed by atoms with Crippen molar-refractivity contribution < 1.29 is 22.8 Å². The predicted molar refractivity (Wildman–Crippen MR) is 100 cm³/mol. The van der Waals surface area contributed by atoms with E-state index >= 15 is 0 Å². The van der Waals surface area contributed by atoms with E-state index in [1.165, 1.54) is 18.3 Å². The van der Waals surface area contributed by atoms with Crippen molar-refractivity contribution in [2.75, 3.05) is 0 Å².